The SMILES string of the molecule is CC[C@@H](C)C/C=C/c1cncc(OC2CN(C(=O)COC)C2)c1. The Hall–Kier alpha value is -1.88. The average molecular weight is 318 g/mol. The van der Waals surface area contributed by atoms with Gasteiger partial charge in [0.15, 0.2) is 0 Å². The molecule has 5 heteroatoms. The monoisotopic (exact) mass is 318 g/mol. The summed E-state index contributed by atoms with van der Waals surface area (Å²) in [6.07, 6.45) is 10.1. The highest BCUT2D eigenvalue weighted by Crippen LogP contribution is 2.19. The fraction of sp³-hybridized carbons (Fsp3) is 0.556. The maximum atomic E-state index is 11.6. The molecule has 1 atom stereocenters. The highest BCUT2D eigenvalue weighted by molar-refractivity contribution is 5.78. The van der Waals surface area contributed by atoms with Crippen molar-refractivity contribution >= 4 is 12.0 Å². The van der Waals surface area contributed by atoms with Crippen molar-refractivity contribution in [3.63, 3.8) is 0 Å². The molecular weight excluding hydrogens is 292 g/mol. The van der Waals surface area contributed by atoms with Crippen LogP contribution in [-0.4, -0.2) is 48.7 Å². The number of carbonyl (C=O) groups excluding carboxylic acids is 1. The third-order valence-electron chi connectivity index (χ3n) is 4.05. The molecule has 0 saturated carbocycles. The summed E-state index contributed by atoms with van der Waals surface area (Å²) in [7, 11) is 1.53. The number of nitrogens with zero attached hydrogens (tertiary/aromatic N) is 2. The predicted molar refractivity (Wildman–Crippen MR) is 90.2 cm³/mol. The molecule has 1 aromatic rings. The van der Waals surface area contributed by atoms with Gasteiger partial charge in [0.2, 0.25) is 5.91 Å². The molecule has 0 spiro atoms. The van der Waals surface area contributed by atoms with E-state index >= 15 is 0 Å². The molecule has 1 amide bonds. The van der Waals surface area contributed by atoms with E-state index in [0.29, 0.717) is 19.0 Å². The average Bonchev–Trinajstić information content (AvgIpc) is 2.51. The summed E-state index contributed by atoms with van der Waals surface area (Å²) in [6.45, 7) is 5.79. The van der Waals surface area contributed by atoms with Crippen LogP contribution in [0.3, 0.4) is 0 Å². The third-order valence-corrected chi connectivity index (χ3v) is 4.05. The van der Waals surface area contributed by atoms with E-state index < -0.39 is 0 Å². The largest absolute Gasteiger partial charge is 0.485 e. The predicted octanol–water partition coefficient (Wildman–Crippen LogP) is 2.77. The lowest BCUT2D eigenvalue weighted by molar-refractivity contribution is -0.143. The van der Waals surface area contributed by atoms with Gasteiger partial charge in [-0.05, 0) is 24.0 Å². The summed E-state index contributed by atoms with van der Waals surface area (Å²) in [4.78, 5) is 17.6. The van der Waals surface area contributed by atoms with E-state index in [4.69, 9.17) is 9.47 Å². The Morgan fingerprint density at radius 3 is 2.96 bits per heavy atom. The van der Waals surface area contributed by atoms with Crippen LogP contribution in [0.4, 0.5) is 0 Å². The van der Waals surface area contributed by atoms with Crippen molar-refractivity contribution in [2.75, 3.05) is 26.8 Å². The maximum Gasteiger partial charge on any atom is 0.248 e. The molecule has 2 heterocycles. The highest BCUT2D eigenvalue weighted by atomic mass is 16.5. The lowest BCUT2D eigenvalue weighted by atomic mass is 10.0. The summed E-state index contributed by atoms with van der Waals surface area (Å²) in [5.74, 6) is 1.45. The normalized spacial score (nSPS) is 16.4. The van der Waals surface area contributed by atoms with Crippen LogP contribution in [0.25, 0.3) is 6.08 Å². The molecule has 0 bridgehead atoms. The molecule has 23 heavy (non-hydrogen) atoms. The molecule has 0 aromatic carbocycles. The summed E-state index contributed by atoms with van der Waals surface area (Å²) in [5.41, 5.74) is 1.04. The number of likely N-dealkylation sites (tertiary alicyclic amines) is 1. The van der Waals surface area contributed by atoms with Gasteiger partial charge in [-0.25, -0.2) is 0 Å². The van der Waals surface area contributed by atoms with Crippen LogP contribution in [0.2, 0.25) is 0 Å². The van der Waals surface area contributed by atoms with Crippen molar-refractivity contribution < 1.29 is 14.3 Å². The second-order valence-electron chi connectivity index (χ2n) is 6.08. The van der Waals surface area contributed by atoms with Crippen molar-refractivity contribution in [3.05, 3.63) is 30.1 Å². The van der Waals surface area contributed by atoms with E-state index in [1.54, 1.807) is 11.1 Å². The number of carbonyl (C=O) groups is 1. The second-order valence-corrected chi connectivity index (χ2v) is 6.08. The summed E-state index contributed by atoms with van der Waals surface area (Å²) < 4.78 is 10.7. The zero-order chi connectivity index (χ0) is 16.7. The third kappa shape index (κ3) is 5.36. The van der Waals surface area contributed by atoms with Crippen LogP contribution in [0, 0.1) is 5.92 Å². The van der Waals surface area contributed by atoms with Crippen LogP contribution in [0.5, 0.6) is 5.75 Å². The van der Waals surface area contributed by atoms with Crippen molar-refractivity contribution in [1.82, 2.24) is 9.88 Å². The fourth-order valence-electron chi connectivity index (χ4n) is 2.32. The van der Waals surface area contributed by atoms with Gasteiger partial charge < -0.3 is 14.4 Å². The summed E-state index contributed by atoms with van der Waals surface area (Å²) in [5, 5.41) is 0. The molecular formula is C18H26N2O3. The molecule has 1 fully saturated rings. The standard InChI is InChI=1S/C18H26N2O3/c1-4-14(2)6-5-7-15-8-16(10-19-9-15)23-17-11-20(12-17)18(21)13-22-3/h5,7-10,14,17H,4,6,11-13H2,1-3H3/b7-5+/t14-/m1/s1. The number of amides is 1. The molecule has 126 valence electrons. The first-order valence-corrected chi connectivity index (χ1v) is 8.17. The lowest BCUT2D eigenvalue weighted by Crippen LogP contribution is -2.57. The van der Waals surface area contributed by atoms with E-state index in [2.05, 4.69) is 31.0 Å². The Morgan fingerprint density at radius 2 is 2.26 bits per heavy atom. The van der Waals surface area contributed by atoms with Crippen molar-refractivity contribution in [1.29, 1.82) is 0 Å². The lowest BCUT2D eigenvalue weighted by Gasteiger charge is -2.38. The smallest absolute Gasteiger partial charge is 0.248 e. The van der Waals surface area contributed by atoms with Crippen LogP contribution < -0.4 is 4.74 Å². The first-order chi connectivity index (χ1) is 11.1. The van der Waals surface area contributed by atoms with E-state index in [1.165, 1.54) is 13.5 Å². The Balaban J connectivity index is 1.81. The number of aromatic nitrogens is 1. The number of rotatable bonds is 8. The van der Waals surface area contributed by atoms with E-state index in [0.717, 1.165) is 17.7 Å². The van der Waals surface area contributed by atoms with Crippen molar-refractivity contribution in [2.24, 2.45) is 5.92 Å². The Bertz CT molecular complexity index is 539. The van der Waals surface area contributed by atoms with Crippen LogP contribution in [0.15, 0.2) is 24.5 Å². The zero-order valence-electron chi connectivity index (χ0n) is 14.2. The quantitative estimate of drug-likeness (QED) is 0.739. The Kier molecular flexibility index (Phi) is 6.59. The van der Waals surface area contributed by atoms with Gasteiger partial charge in [0, 0.05) is 13.3 Å². The van der Waals surface area contributed by atoms with Crippen molar-refractivity contribution in [3.8, 4) is 5.75 Å². The van der Waals surface area contributed by atoms with Crippen molar-refractivity contribution in [2.45, 2.75) is 32.8 Å². The maximum absolute atomic E-state index is 11.6. The van der Waals surface area contributed by atoms with E-state index in [1.807, 2.05) is 12.3 Å². The number of ether oxygens (including phenoxy) is 2. The molecule has 1 aliphatic heterocycles. The minimum absolute atomic E-state index is 0.00667. The summed E-state index contributed by atoms with van der Waals surface area (Å²) >= 11 is 0. The molecule has 0 radical (unpaired) electrons. The number of allylic oxidation sites excluding steroid dienone is 1. The van der Waals surface area contributed by atoms with Gasteiger partial charge in [0.25, 0.3) is 0 Å². The molecule has 5 nitrogen and oxygen atoms in total. The van der Waals surface area contributed by atoms with E-state index in [9.17, 15) is 4.79 Å². The Labute approximate surface area is 138 Å². The Morgan fingerprint density at radius 1 is 1.48 bits per heavy atom. The second kappa shape index (κ2) is 8.67. The van der Waals surface area contributed by atoms with Gasteiger partial charge in [-0.1, -0.05) is 32.4 Å². The zero-order valence-corrected chi connectivity index (χ0v) is 14.2. The van der Waals surface area contributed by atoms with E-state index in [-0.39, 0.29) is 18.6 Å². The van der Waals surface area contributed by atoms with Gasteiger partial charge >= 0.3 is 0 Å². The fourth-order valence-corrected chi connectivity index (χ4v) is 2.32. The van der Waals surface area contributed by atoms with Gasteiger partial charge in [0.1, 0.15) is 18.5 Å². The van der Waals surface area contributed by atoms with Gasteiger partial charge in [-0.3, -0.25) is 9.78 Å². The summed E-state index contributed by atoms with van der Waals surface area (Å²) in [6, 6.07) is 1.99. The first-order valence-electron chi connectivity index (χ1n) is 8.17. The molecule has 0 N–H and O–H groups in total. The molecule has 1 aliphatic rings. The van der Waals surface area contributed by atoms with Crippen LogP contribution in [-0.2, 0) is 9.53 Å². The minimum Gasteiger partial charge on any atom is -0.485 e. The molecule has 0 aliphatic carbocycles. The first kappa shape index (κ1) is 17.5. The number of hydrogen-bond donors (Lipinski definition) is 0. The molecule has 2 rings (SSSR count). The number of hydrogen-bond acceptors (Lipinski definition) is 4. The van der Waals surface area contributed by atoms with Gasteiger partial charge in [-0.2, -0.15) is 0 Å². The molecule has 1 saturated heterocycles. The van der Waals surface area contributed by atoms with Gasteiger partial charge in [0.05, 0.1) is 19.3 Å². The molecule has 1 aromatic heterocycles. The number of methoxy groups -OCH3 is 1. The number of pyridine rings is 1. The topological polar surface area (TPSA) is 51.7 Å². The highest BCUT2D eigenvalue weighted by Gasteiger charge is 2.31. The van der Waals surface area contributed by atoms with Crippen LogP contribution in [0.1, 0.15) is 32.3 Å². The van der Waals surface area contributed by atoms with Gasteiger partial charge in [-0.15, -0.1) is 0 Å². The molecule has 0 unspecified atom stereocenters. The minimum atomic E-state index is 0.00667. The van der Waals surface area contributed by atoms with Crippen LogP contribution >= 0.6 is 0 Å².